The van der Waals surface area contributed by atoms with Crippen LogP contribution in [0.25, 0.3) is 0 Å². The van der Waals surface area contributed by atoms with Crippen LogP contribution in [0.15, 0.2) is 11.0 Å². The predicted octanol–water partition coefficient (Wildman–Crippen LogP) is 2.73. The quantitative estimate of drug-likeness (QED) is 0.335. The lowest BCUT2D eigenvalue weighted by molar-refractivity contribution is -0.390. The molecule has 14 heavy (non-hydrogen) atoms. The van der Waals surface area contributed by atoms with E-state index in [9.17, 15) is 23.3 Å². The van der Waals surface area contributed by atoms with Crippen LogP contribution in [-0.4, -0.2) is 11.2 Å². The highest BCUT2D eigenvalue weighted by Crippen LogP contribution is 2.33. The number of thioether (sulfide) groups is 1. The van der Waals surface area contributed by atoms with Crippen molar-refractivity contribution in [2.75, 3.05) is 6.26 Å². The molecule has 76 valence electrons. The van der Waals surface area contributed by atoms with E-state index in [0.717, 1.165) is 0 Å². The highest BCUT2D eigenvalue weighted by atomic mass is 32.2. The molecule has 0 radical (unpaired) electrons. The van der Waals surface area contributed by atoms with Crippen LogP contribution in [0.4, 0.5) is 18.9 Å². The van der Waals surface area contributed by atoms with Crippen molar-refractivity contribution in [3.05, 3.63) is 33.6 Å². The van der Waals surface area contributed by atoms with Gasteiger partial charge in [0.2, 0.25) is 5.82 Å². The van der Waals surface area contributed by atoms with Gasteiger partial charge in [-0.3, -0.25) is 10.1 Å². The topological polar surface area (TPSA) is 43.1 Å². The first-order chi connectivity index (χ1) is 6.49. The molecule has 7 heteroatoms. The van der Waals surface area contributed by atoms with Crippen LogP contribution < -0.4 is 0 Å². The van der Waals surface area contributed by atoms with Crippen LogP contribution in [0.2, 0.25) is 0 Å². The van der Waals surface area contributed by atoms with E-state index in [1.54, 1.807) is 0 Å². The molecule has 1 aromatic rings. The Labute approximate surface area is 81.1 Å². The molecule has 0 amide bonds. The fourth-order valence-corrected chi connectivity index (χ4v) is 1.56. The van der Waals surface area contributed by atoms with Crippen molar-refractivity contribution in [1.29, 1.82) is 0 Å². The van der Waals surface area contributed by atoms with Gasteiger partial charge in [0.15, 0.2) is 11.6 Å². The molecule has 0 aliphatic carbocycles. The number of hydrogen-bond donors (Lipinski definition) is 0. The van der Waals surface area contributed by atoms with Crippen molar-refractivity contribution in [1.82, 2.24) is 0 Å². The average Bonchev–Trinajstić information content (AvgIpc) is 2.09. The predicted molar refractivity (Wildman–Crippen MR) is 44.8 cm³/mol. The molecule has 0 unspecified atom stereocenters. The van der Waals surface area contributed by atoms with Crippen molar-refractivity contribution in [2.24, 2.45) is 0 Å². The number of benzene rings is 1. The summed E-state index contributed by atoms with van der Waals surface area (Å²) in [6, 6.07) is 0.160. The summed E-state index contributed by atoms with van der Waals surface area (Å²) >= 11 is 0.582. The number of halogens is 3. The van der Waals surface area contributed by atoms with E-state index in [1.165, 1.54) is 6.26 Å². The Hall–Kier alpha value is -1.24. The van der Waals surface area contributed by atoms with Crippen molar-refractivity contribution in [3.8, 4) is 0 Å². The molecule has 1 rings (SSSR count). The van der Waals surface area contributed by atoms with Gasteiger partial charge in [0.25, 0.3) is 0 Å². The zero-order chi connectivity index (χ0) is 10.9. The smallest absolute Gasteiger partial charge is 0.258 e. The Kier molecular flexibility index (Phi) is 3.00. The van der Waals surface area contributed by atoms with Gasteiger partial charge in [-0.05, 0) is 6.26 Å². The van der Waals surface area contributed by atoms with Gasteiger partial charge in [-0.2, -0.15) is 4.39 Å². The first-order valence-electron chi connectivity index (χ1n) is 3.35. The molecule has 0 aliphatic heterocycles. The minimum atomic E-state index is -1.43. The van der Waals surface area contributed by atoms with E-state index in [-0.39, 0.29) is 6.07 Å². The first-order valence-corrected chi connectivity index (χ1v) is 4.57. The molecule has 0 N–H and O–H groups in total. The van der Waals surface area contributed by atoms with Crippen molar-refractivity contribution >= 4 is 17.4 Å². The monoisotopic (exact) mass is 223 g/mol. The second kappa shape index (κ2) is 3.87. The van der Waals surface area contributed by atoms with Crippen LogP contribution >= 0.6 is 11.8 Å². The fourth-order valence-electron chi connectivity index (χ4n) is 0.920. The second-order valence-electron chi connectivity index (χ2n) is 2.29. The van der Waals surface area contributed by atoms with E-state index in [4.69, 9.17) is 0 Å². The number of nitro benzene ring substituents is 1. The summed E-state index contributed by atoms with van der Waals surface area (Å²) < 4.78 is 38.4. The molecule has 0 atom stereocenters. The molecule has 3 nitrogen and oxygen atoms in total. The maximum absolute atomic E-state index is 12.9. The lowest BCUT2D eigenvalue weighted by Gasteiger charge is -2.02. The zero-order valence-corrected chi connectivity index (χ0v) is 7.70. The zero-order valence-electron chi connectivity index (χ0n) is 6.88. The third-order valence-electron chi connectivity index (χ3n) is 1.49. The Balaban J connectivity index is 3.55. The Morgan fingerprint density at radius 2 is 1.93 bits per heavy atom. The first kappa shape index (κ1) is 10.8. The summed E-state index contributed by atoms with van der Waals surface area (Å²) in [5.41, 5.74) is -1.03. The van der Waals surface area contributed by atoms with Gasteiger partial charge < -0.3 is 0 Å². The standard InChI is InChI=1S/C7H4F3NO2S/c1-14-7-5(10)3(8)2-4(9)6(7)11(12)13/h2H,1H3. The van der Waals surface area contributed by atoms with Crippen LogP contribution in [0.5, 0.6) is 0 Å². The second-order valence-corrected chi connectivity index (χ2v) is 3.11. The summed E-state index contributed by atoms with van der Waals surface area (Å²) in [6.07, 6.45) is 1.30. The van der Waals surface area contributed by atoms with E-state index < -0.39 is 33.0 Å². The number of nitro groups is 1. The highest BCUT2D eigenvalue weighted by molar-refractivity contribution is 7.98. The average molecular weight is 223 g/mol. The summed E-state index contributed by atoms with van der Waals surface area (Å²) in [4.78, 5) is 8.62. The van der Waals surface area contributed by atoms with Crippen LogP contribution in [0, 0.1) is 27.6 Å². The third kappa shape index (κ3) is 1.67. The van der Waals surface area contributed by atoms with E-state index in [2.05, 4.69) is 0 Å². The van der Waals surface area contributed by atoms with Crippen LogP contribution in [-0.2, 0) is 0 Å². The highest BCUT2D eigenvalue weighted by Gasteiger charge is 2.26. The molecule has 0 heterocycles. The van der Waals surface area contributed by atoms with Gasteiger partial charge in [0.1, 0.15) is 4.90 Å². The molecular formula is C7H4F3NO2S. The van der Waals surface area contributed by atoms with Gasteiger partial charge in [0.05, 0.1) is 4.92 Å². The van der Waals surface area contributed by atoms with Gasteiger partial charge in [0, 0.05) is 6.07 Å². The maximum atomic E-state index is 12.9. The largest absolute Gasteiger partial charge is 0.321 e. The van der Waals surface area contributed by atoms with Crippen molar-refractivity contribution in [3.63, 3.8) is 0 Å². The Morgan fingerprint density at radius 3 is 2.36 bits per heavy atom. The van der Waals surface area contributed by atoms with Gasteiger partial charge in [-0.15, -0.1) is 11.8 Å². The van der Waals surface area contributed by atoms with Crippen molar-refractivity contribution in [2.45, 2.75) is 4.90 Å². The Bertz CT molecular complexity index is 397. The summed E-state index contributed by atoms with van der Waals surface area (Å²) in [7, 11) is 0. The number of hydrogen-bond acceptors (Lipinski definition) is 3. The van der Waals surface area contributed by atoms with Crippen LogP contribution in [0.3, 0.4) is 0 Å². The van der Waals surface area contributed by atoms with E-state index in [1.807, 2.05) is 0 Å². The summed E-state index contributed by atoms with van der Waals surface area (Å²) in [6.45, 7) is 0. The van der Waals surface area contributed by atoms with E-state index >= 15 is 0 Å². The molecule has 0 bridgehead atoms. The molecule has 0 aliphatic rings. The Morgan fingerprint density at radius 1 is 1.36 bits per heavy atom. The van der Waals surface area contributed by atoms with Gasteiger partial charge >= 0.3 is 5.69 Å². The van der Waals surface area contributed by atoms with Gasteiger partial charge in [-0.1, -0.05) is 0 Å². The summed E-state index contributed by atoms with van der Waals surface area (Å²) in [5.74, 6) is -4.21. The molecular weight excluding hydrogens is 219 g/mol. The third-order valence-corrected chi connectivity index (χ3v) is 2.27. The molecule has 0 fully saturated rings. The lowest BCUT2D eigenvalue weighted by atomic mass is 10.3. The SMILES string of the molecule is CSc1c(F)c(F)cc(F)c1[N+](=O)[O-]. The minimum Gasteiger partial charge on any atom is -0.258 e. The molecule has 0 aromatic heterocycles. The molecule has 1 aromatic carbocycles. The number of nitrogens with zero attached hydrogens (tertiary/aromatic N) is 1. The summed E-state index contributed by atoms with van der Waals surface area (Å²) in [5, 5.41) is 10.3. The maximum Gasteiger partial charge on any atom is 0.321 e. The molecule has 0 saturated carbocycles. The fraction of sp³-hybridized carbons (Fsp3) is 0.143. The lowest BCUT2D eigenvalue weighted by Crippen LogP contribution is -2.00. The minimum absolute atomic E-state index is 0.160. The molecule has 0 saturated heterocycles. The normalized spacial score (nSPS) is 10.3. The van der Waals surface area contributed by atoms with Gasteiger partial charge in [-0.25, -0.2) is 8.78 Å². The van der Waals surface area contributed by atoms with Crippen molar-refractivity contribution < 1.29 is 18.1 Å². The van der Waals surface area contributed by atoms with E-state index in [0.29, 0.717) is 11.8 Å². The van der Waals surface area contributed by atoms with Crippen LogP contribution in [0.1, 0.15) is 0 Å². The molecule has 0 spiro atoms. The number of rotatable bonds is 2.